The van der Waals surface area contributed by atoms with Gasteiger partial charge in [0, 0.05) is 4.88 Å². The molecule has 2 rings (SSSR count). The smallest absolute Gasteiger partial charge is 0.387 e. The van der Waals surface area contributed by atoms with E-state index in [-0.39, 0.29) is 11.8 Å². The molecule has 0 bridgehead atoms. The van der Waals surface area contributed by atoms with Gasteiger partial charge in [0.15, 0.2) is 0 Å². The van der Waals surface area contributed by atoms with E-state index >= 15 is 0 Å². The van der Waals surface area contributed by atoms with Crippen LogP contribution in [0.2, 0.25) is 0 Å². The summed E-state index contributed by atoms with van der Waals surface area (Å²) in [5.41, 5.74) is 2.23. The maximum absolute atomic E-state index is 12.1. The molecule has 5 heteroatoms. The van der Waals surface area contributed by atoms with Crippen molar-refractivity contribution in [1.29, 1.82) is 0 Å². The Morgan fingerprint density at radius 2 is 1.90 bits per heavy atom. The summed E-state index contributed by atoms with van der Waals surface area (Å²) in [5, 5.41) is 5.52. The number of rotatable bonds is 6. The van der Waals surface area contributed by atoms with Gasteiger partial charge in [0.2, 0.25) is 0 Å². The number of nitrogens with one attached hydrogen (secondary N) is 1. The zero-order valence-electron chi connectivity index (χ0n) is 11.4. The van der Waals surface area contributed by atoms with Gasteiger partial charge in [-0.25, -0.2) is 0 Å². The van der Waals surface area contributed by atoms with E-state index < -0.39 is 6.61 Å². The van der Waals surface area contributed by atoms with Crippen LogP contribution < -0.4 is 10.1 Å². The highest BCUT2D eigenvalue weighted by atomic mass is 32.1. The molecule has 108 valence electrons. The van der Waals surface area contributed by atoms with Gasteiger partial charge in [0.05, 0.1) is 6.04 Å². The lowest BCUT2D eigenvalue weighted by Crippen LogP contribution is -2.21. The van der Waals surface area contributed by atoms with E-state index in [1.807, 2.05) is 19.1 Å². The number of hydrogen-bond acceptors (Lipinski definition) is 3. The summed E-state index contributed by atoms with van der Waals surface area (Å²) in [7, 11) is 0. The van der Waals surface area contributed by atoms with Crippen LogP contribution in [0.25, 0.3) is 0 Å². The summed E-state index contributed by atoms with van der Waals surface area (Å²) in [6, 6.07) is 9.00. The van der Waals surface area contributed by atoms with Crippen LogP contribution in [0.4, 0.5) is 8.78 Å². The van der Waals surface area contributed by atoms with E-state index in [2.05, 4.69) is 28.4 Å². The van der Waals surface area contributed by atoms with Gasteiger partial charge in [-0.15, -0.1) is 11.3 Å². The maximum Gasteiger partial charge on any atom is 0.387 e. The van der Waals surface area contributed by atoms with Crippen molar-refractivity contribution < 1.29 is 13.5 Å². The summed E-state index contributed by atoms with van der Waals surface area (Å²) in [5.74, 6) is 0.181. The summed E-state index contributed by atoms with van der Waals surface area (Å²) in [6.07, 6.45) is 0. The Balaban J connectivity index is 2.21. The minimum Gasteiger partial charge on any atom is -0.435 e. The van der Waals surface area contributed by atoms with Gasteiger partial charge in [-0.1, -0.05) is 19.1 Å². The topological polar surface area (TPSA) is 21.3 Å². The van der Waals surface area contributed by atoms with Crippen LogP contribution in [-0.4, -0.2) is 13.2 Å². The molecule has 0 amide bonds. The third-order valence-electron chi connectivity index (χ3n) is 2.93. The van der Waals surface area contributed by atoms with Crippen molar-refractivity contribution in [2.75, 3.05) is 6.54 Å². The van der Waals surface area contributed by atoms with Gasteiger partial charge in [0.25, 0.3) is 0 Å². The number of hydrogen-bond donors (Lipinski definition) is 1. The van der Waals surface area contributed by atoms with Crippen LogP contribution in [0.1, 0.15) is 29.0 Å². The minimum absolute atomic E-state index is 0.0746. The lowest BCUT2D eigenvalue weighted by molar-refractivity contribution is -0.0498. The fraction of sp³-hybridized carbons (Fsp3) is 0.333. The molecule has 1 N–H and O–H groups in total. The second kappa shape index (κ2) is 6.81. The molecule has 1 atom stereocenters. The molecule has 0 saturated heterocycles. The Hall–Kier alpha value is -1.46. The third-order valence-corrected chi connectivity index (χ3v) is 3.81. The average molecular weight is 297 g/mol. The number of ether oxygens (including phenoxy) is 1. The summed E-state index contributed by atoms with van der Waals surface area (Å²) in [6.45, 7) is 2.15. The molecule has 0 radical (unpaired) electrons. The first kappa shape index (κ1) is 14.9. The van der Waals surface area contributed by atoms with Crippen LogP contribution in [0.15, 0.2) is 35.7 Å². The summed E-state index contributed by atoms with van der Waals surface area (Å²) < 4.78 is 28.6. The predicted octanol–water partition coefficient (Wildman–Crippen LogP) is 4.36. The molecule has 2 aromatic rings. The van der Waals surface area contributed by atoms with Crippen LogP contribution in [0.3, 0.4) is 0 Å². The monoisotopic (exact) mass is 297 g/mol. The fourth-order valence-electron chi connectivity index (χ4n) is 2.09. The molecule has 1 aromatic heterocycles. The Kier molecular flexibility index (Phi) is 5.09. The Labute approximate surface area is 121 Å². The van der Waals surface area contributed by atoms with Gasteiger partial charge in [-0.2, -0.15) is 8.78 Å². The van der Waals surface area contributed by atoms with Gasteiger partial charge in [-0.05, 0) is 48.2 Å². The summed E-state index contributed by atoms with van der Waals surface area (Å²) in [4.78, 5) is 1.25. The molecule has 0 aliphatic carbocycles. The van der Waals surface area contributed by atoms with E-state index in [4.69, 9.17) is 0 Å². The van der Waals surface area contributed by atoms with Crippen molar-refractivity contribution >= 4 is 11.3 Å². The molecule has 0 aliphatic rings. The fourth-order valence-corrected chi connectivity index (χ4v) is 2.82. The SMILES string of the molecule is CCNC(c1ccc(OC(F)F)cc1)c1csc(C)c1. The highest BCUT2D eigenvalue weighted by Gasteiger charge is 2.14. The Morgan fingerprint density at radius 3 is 2.40 bits per heavy atom. The van der Waals surface area contributed by atoms with Gasteiger partial charge >= 0.3 is 6.61 Å². The van der Waals surface area contributed by atoms with Crippen molar-refractivity contribution in [2.24, 2.45) is 0 Å². The molecule has 1 unspecified atom stereocenters. The van der Waals surface area contributed by atoms with Crippen LogP contribution in [-0.2, 0) is 0 Å². The normalized spacial score (nSPS) is 12.7. The molecule has 20 heavy (non-hydrogen) atoms. The van der Waals surface area contributed by atoms with Gasteiger partial charge in [-0.3, -0.25) is 0 Å². The van der Waals surface area contributed by atoms with Crippen molar-refractivity contribution in [3.8, 4) is 5.75 Å². The molecular weight excluding hydrogens is 280 g/mol. The Bertz CT molecular complexity index is 539. The number of benzene rings is 1. The van der Waals surface area contributed by atoms with E-state index in [1.165, 1.54) is 10.4 Å². The summed E-state index contributed by atoms with van der Waals surface area (Å²) >= 11 is 1.70. The zero-order valence-corrected chi connectivity index (χ0v) is 12.2. The predicted molar refractivity (Wildman–Crippen MR) is 77.6 cm³/mol. The highest BCUT2D eigenvalue weighted by molar-refractivity contribution is 7.10. The van der Waals surface area contributed by atoms with Crippen LogP contribution in [0, 0.1) is 6.92 Å². The first-order chi connectivity index (χ1) is 9.60. The van der Waals surface area contributed by atoms with Crippen molar-refractivity contribution in [1.82, 2.24) is 5.32 Å². The standard InChI is InChI=1S/C15H17F2NOS/c1-3-18-14(12-8-10(2)20-9-12)11-4-6-13(7-5-11)19-15(16)17/h4-9,14-15,18H,3H2,1-2H3. The van der Waals surface area contributed by atoms with Crippen molar-refractivity contribution in [3.63, 3.8) is 0 Å². The Morgan fingerprint density at radius 1 is 1.20 bits per heavy atom. The molecule has 1 heterocycles. The van der Waals surface area contributed by atoms with E-state index in [0.29, 0.717) is 0 Å². The highest BCUT2D eigenvalue weighted by Crippen LogP contribution is 2.27. The lowest BCUT2D eigenvalue weighted by Gasteiger charge is -2.18. The molecule has 1 aromatic carbocycles. The maximum atomic E-state index is 12.1. The van der Waals surface area contributed by atoms with Crippen molar-refractivity contribution in [2.45, 2.75) is 26.5 Å². The van der Waals surface area contributed by atoms with Crippen LogP contribution >= 0.6 is 11.3 Å². The van der Waals surface area contributed by atoms with Gasteiger partial charge < -0.3 is 10.1 Å². The molecular formula is C15H17F2NOS. The first-order valence-corrected chi connectivity index (χ1v) is 7.31. The molecule has 0 spiro atoms. The van der Waals surface area contributed by atoms with E-state index in [0.717, 1.165) is 12.1 Å². The van der Waals surface area contributed by atoms with Gasteiger partial charge in [0.1, 0.15) is 5.75 Å². The quantitative estimate of drug-likeness (QED) is 0.855. The molecule has 0 aliphatic heterocycles. The number of thiophene rings is 1. The van der Waals surface area contributed by atoms with Crippen LogP contribution in [0.5, 0.6) is 5.75 Å². The minimum atomic E-state index is -2.79. The molecule has 0 saturated carbocycles. The third kappa shape index (κ3) is 3.77. The second-order valence-corrected chi connectivity index (χ2v) is 5.54. The van der Waals surface area contributed by atoms with Crippen molar-refractivity contribution in [3.05, 3.63) is 51.7 Å². The molecule has 0 fully saturated rings. The number of aryl methyl sites for hydroxylation is 1. The lowest BCUT2D eigenvalue weighted by atomic mass is 10.0. The van der Waals surface area contributed by atoms with E-state index in [1.54, 1.807) is 23.5 Å². The average Bonchev–Trinajstić information content (AvgIpc) is 2.83. The first-order valence-electron chi connectivity index (χ1n) is 6.43. The zero-order chi connectivity index (χ0) is 14.5. The second-order valence-electron chi connectivity index (χ2n) is 4.43. The number of halogens is 2. The molecule has 2 nitrogen and oxygen atoms in total. The van der Waals surface area contributed by atoms with E-state index in [9.17, 15) is 8.78 Å². The largest absolute Gasteiger partial charge is 0.435 e. The number of alkyl halides is 2.